The van der Waals surface area contributed by atoms with Crippen LogP contribution in [-0.4, -0.2) is 53.0 Å². The molecule has 1 aromatic heterocycles. The third-order valence-electron chi connectivity index (χ3n) is 4.82. The Kier molecular flexibility index (Phi) is 5.40. The van der Waals surface area contributed by atoms with Crippen LogP contribution in [0.2, 0.25) is 0 Å². The fraction of sp³-hybridized carbons (Fsp3) is 0.765. The van der Waals surface area contributed by atoms with E-state index < -0.39 is 5.79 Å². The zero-order valence-corrected chi connectivity index (χ0v) is 14.6. The molecular weight excluding hydrogens is 308 g/mol. The molecule has 2 fully saturated rings. The molecular formula is C17H28N4O3. The van der Waals surface area contributed by atoms with Gasteiger partial charge in [-0.3, -0.25) is 0 Å². The van der Waals surface area contributed by atoms with Crippen molar-refractivity contribution in [2.75, 3.05) is 26.3 Å². The van der Waals surface area contributed by atoms with Gasteiger partial charge in [-0.1, -0.05) is 6.92 Å². The smallest absolute Gasteiger partial charge is 0.318 e. The van der Waals surface area contributed by atoms with E-state index in [0.717, 1.165) is 38.1 Å². The number of aromatic amines is 1. The number of imidazole rings is 1. The molecule has 0 saturated carbocycles. The molecule has 24 heavy (non-hydrogen) atoms. The first-order valence-electron chi connectivity index (χ1n) is 8.89. The lowest BCUT2D eigenvalue weighted by Gasteiger charge is -2.35. The maximum Gasteiger partial charge on any atom is 0.318 e. The summed E-state index contributed by atoms with van der Waals surface area (Å²) in [5, 5.41) is 3.07. The van der Waals surface area contributed by atoms with Crippen LogP contribution in [0.3, 0.4) is 0 Å². The lowest BCUT2D eigenvalue weighted by atomic mass is 10.0. The van der Waals surface area contributed by atoms with Gasteiger partial charge in [0.15, 0.2) is 5.79 Å². The number of hydrogen-bond acceptors (Lipinski definition) is 4. The third-order valence-corrected chi connectivity index (χ3v) is 4.82. The van der Waals surface area contributed by atoms with Gasteiger partial charge < -0.3 is 24.7 Å². The summed E-state index contributed by atoms with van der Waals surface area (Å²) in [6.45, 7) is 6.76. The van der Waals surface area contributed by atoms with E-state index in [1.807, 2.05) is 18.0 Å². The SMILES string of the molecule is C[C@@H](CNC(=O)N1CCCC[C@@H]1c1ncc[nH]1)CC1(C)OCCO1. The molecule has 3 heterocycles. The van der Waals surface area contributed by atoms with Crippen molar-refractivity contribution in [3.8, 4) is 0 Å². The Hall–Kier alpha value is -1.60. The van der Waals surface area contributed by atoms with Crippen molar-refractivity contribution in [2.45, 2.75) is 51.4 Å². The number of piperidine rings is 1. The number of hydrogen-bond donors (Lipinski definition) is 2. The summed E-state index contributed by atoms with van der Waals surface area (Å²) in [5.41, 5.74) is 0. The zero-order chi connectivity index (χ0) is 17.0. The van der Waals surface area contributed by atoms with Gasteiger partial charge in [0.05, 0.1) is 19.3 Å². The Morgan fingerprint density at radius 1 is 1.50 bits per heavy atom. The van der Waals surface area contributed by atoms with Gasteiger partial charge in [0.1, 0.15) is 5.82 Å². The molecule has 3 rings (SSSR count). The molecule has 2 N–H and O–H groups in total. The van der Waals surface area contributed by atoms with Gasteiger partial charge >= 0.3 is 6.03 Å². The van der Waals surface area contributed by atoms with E-state index in [1.165, 1.54) is 0 Å². The van der Waals surface area contributed by atoms with Crippen LogP contribution in [0.4, 0.5) is 4.79 Å². The van der Waals surface area contributed by atoms with Gasteiger partial charge in [0.2, 0.25) is 0 Å². The summed E-state index contributed by atoms with van der Waals surface area (Å²) in [5.74, 6) is 0.647. The molecule has 134 valence electrons. The Bertz CT molecular complexity index is 528. The summed E-state index contributed by atoms with van der Waals surface area (Å²) in [6, 6.07) is 0.0319. The maximum atomic E-state index is 12.6. The molecule has 2 aliphatic rings. The minimum atomic E-state index is -0.508. The quantitative estimate of drug-likeness (QED) is 0.865. The second-order valence-electron chi connectivity index (χ2n) is 7.01. The zero-order valence-electron chi connectivity index (χ0n) is 14.6. The summed E-state index contributed by atoms with van der Waals surface area (Å²) in [7, 11) is 0. The highest BCUT2D eigenvalue weighted by Crippen LogP contribution is 2.29. The van der Waals surface area contributed by atoms with Crippen molar-refractivity contribution in [1.82, 2.24) is 20.2 Å². The van der Waals surface area contributed by atoms with E-state index >= 15 is 0 Å². The second-order valence-corrected chi connectivity index (χ2v) is 7.01. The molecule has 2 aliphatic heterocycles. The molecule has 7 nitrogen and oxygen atoms in total. The van der Waals surface area contributed by atoms with E-state index in [4.69, 9.17) is 9.47 Å². The third kappa shape index (κ3) is 4.08. The van der Waals surface area contributed by atoms with Crippen molar-refractivity contribution in [1.29, 1.82) is 0 Å². The number of aromatic nitrogens is 2. The summed E-state index contributed by atoms with van der Waals surface area (Å²) < 4.78 is 11.3. The molecule has 0 aliphatic carbocycles. The van der Waals surface area contributed by atoms with Crippen LogP contribution in [0.15, 0.2) is 12.4 Å². The molecule has 7 heteroatoms. The van der Waals surface area contributed by atoms with Gasteiger partial charge in [-0.25, -0.2) is 9.78 Å². The Morgan fingerprint density at radius 2 is 2.29 bits per heavy atom. The van der Waals surface area contributed by atoms with Gasteiger partial charge in [-0.2, -0.15) is 0 Å². The number of amides is 2. The Labute approximate surface area is 143 Å². The molecule has 2 atom stereocenters. The largest absolute Gasteiger partial charge is 0.348 e. The topological polar surface area (TPSA) is 79.5 Å². The van der Waals surface area contributed by atoms with Gasteiger partial charge in [0.25, 0.3) is 0 Å². The first kappa shape index (κ1) is 17.2. The van der Waals surface area contributed by atoms with Crippen LogP contribution < -0.4 is 5.32 Å². The predicted molar refractivity (Wildman–Crippen MR) is 89.4 cm³/mol. The summed E-state index contributed by atoms with van der Waals surface area (Å²) in [6.07, 6.45) is 7.44. The van der Waals surface area contributed by atoms with Crippen LogP contribution in [0.5, 0.6) is 0 Å². The Balaban J connectivity index is 1.51. The fourth-order valence-electron chi connectivity index (χ4n) is 3.66. The van der Waals surface area contributed by atoms with E-state index in [9.17, 15) is 4.79 Å². The average molecular weight is 336 g/mol. The number of nitrogens with zero attached hydrogens (tertiary/aromatic N) is 2. The molecule has 0 spiro atoms. The lowest BCUT2D eigenvalue weighted by Crippen LogP contribution is -2.46. The molecule has 0 aromatic carbocycles. The van der Waals surface area contributed by atoms with Crippen LogP contribution in [0.25, 0.3) is 0 Å². The number of H-pyrrole nitrogens is 1. The van der Waals surface area contributed by atoms with Crippen molar-refractivity contribution < 1.29 is 14.3 Å². The number of carbonyl (C=O) groups excluding carboxylic acids is 1. The number of nitrogens with one attached hydrogen (secondary N) is 2. The molecule has 0 radical (unpaired) electrons. The van der Waals surface area contributed by atoms with Crippen molar-refractivity contribution in [3.05, 3.63) is 18.2 Å². The normalized spacial score (nSPS) is 24.8. The van der Waals surface area contributed by atoms with Crippen molar-refractivity contribution in [2.24, 2.45) is 5.92 Å². The molecule has 2 saturated heterocycles. The fourth-order valence-corrected chi connectivity index (χ4v) is 3.66. The highest BCUT2D eigenvalue weighted by atomic mass is 16.7. The second kappa shape index (κ2) is 7.53. The predicted octanol–water partition coefficient (Wildman–Crippen LogP) is 2.44. The van der Waals surface area contributed by atoms with E-state index in [0.29, 0.717) is 19.8 Å². The molecule has 0 unspecified atom stereocenters. The minimum Gasteiger partial charge on any atom is -0.348 e. The molecule has 1 aromatic rings. The number of urea groups is 1. The molecule has 2 amide bonds. The first-order chi connectivity index (χ1) is 11.6. The number of likely N-dealkylation sites (tertiary alicyclic amines) is 1. The highest BCUT2D eigenvalue weighted by Gasteiger charge is 2.33. The minimum absolute atomic E-state index is 0.0126. The van der Waals surface area contributed by atoms with Crippen LogP contribution in [0, 0.1) is 5.92 Å². The van der Waals surface area contributed by atoms with Gasteiger partial charge in [0, 0.05) is 31.9 Å². The summed E-state index contributed by atoms with van der Waals surface area (Å²) in [4.78, 5) is 22.0. The Morgan fingerprint density at radius 3 is 3.00 bits per heavy atom. The van der Waals surface area contributed by atoms with Crippen LogP contribution in [0.1, 0.15) is 51.4 Å². The van der Waals surface area contributed by atoms with Crippen LogP contribution >= 0.6 is 0 Å². The average Bonchev–Trinajstić information content (AvgIpc) is 3.24. The van der Waals surface area contributed by atoms with E-state index in [1.54, 1.807) is 6.20 Å². The van der Waals surface area contributed by atoms with Gasteiger partial charge in [-0.05, 0) is 32.1 Å². The monoisotopic (exact) mass is 336 g/mol. The van der Waals surface area contributed by atoms with Crippen molar-refractivity contribution in [3.63, 3.8) is 0 Å². The molecule has 0 bridgehead atoms. The van der Waals surface area contributed by atoms with E-state index in [2.05, 4.69) is 22.2 Å². The summed E-state index contributed by atoms with van der Waals surface area (Å²) >= 11 is 0. The number of ether oxygens (including phenoxy) is 2. The van der Waals surface area contributed by atoms with Crippen molar-refractivity contribution >= 4 is 6.03 Å². The first-order valence-corrected chi connectivity index (χ1v) is 8.89. The van der Waals surface area contributed by atoms with Gasteiger partial charge in [-0.15, -0.1) is 0 Å². The lowest BCUT2D eigenvalue weighted by molar-refractivity contribution is -0.153. The van der Waals surface area contributed by atoms with E-state index in [-0.39, 0.29) is 18.0 Å². The maximum absolute atomic E-state index is 12.6. The standard InChI is InChI=1S/C17H28N4O3/c1-13(11-17(2)23-9-10-24-17)12-20-16(22)21-8-4-3-5-14(21)15-18-6-7-19-15/h6-7,13-14H,3-5,8-12H2,1-2H3,(H,18,19)(H,20,22)/t13-,14-/m1/s1. The highest BCUT2D eigenvalue weighted by molar-refractivity contribution is 5.74. The number of rotatable bonds is 5. The number of carbonyl (C=O) groups is 1. The van der Waals surface area contributed by atoms with Crippen LogP contribution in [-0.2, 0) is 9.47 Å².